The Labute approximate surface area is 160 Å². The minimum atomic E-state index is -0.988. The molecule has 1 aliphatic rings. The highest BCUT2D eigenvalue weighted by atomic mass is 32.2. The van der Waals surface area contributed by atoms with Crippen molar-refractivity contribution < 1.29 is 19.4 Å². The molecule has 1 N–H and O–H groups in total. The van der Waals surface area contributed by atoms with Crippen LogP contribution in [0.4, 0.5) is 5.69 Å². The molecule has 1 heterocycles. The number of nitrogens with zero attached hydrogens (tertiary/aromatic N) is 1. The number of thioether (sulfide) groups is 1. The molecule has 26 heavy (non-hydrogen) atoms. The molecular weight excluding hydrogens is 370 g/mol. The number of carboxylic acids is 1. The van der Waals surface area contributed by atoms with Gasteiger partial charge in [-0.25, -0.2) is 4.79 Å². The number of aromatic carboxylic acids is 1. The second-order valence-electron chi connectivity index (χ2n) is 5.37. The third-order valence-corrected chi connectivity index (χ3v) is 4.96. The van der Waals surface area contributed by atoms with Crippen LogP contribution in [0.1, 0.15) is 22.8 Å². The van der Waals surface area contributed by atoms with E-state index in [1.54, 1.807) is 42.5 Å². The summed E-state index contributed by atoms with van der Waals surface area (Å²) < 4.78 is 5.86. The molecule has 0 saturated carbocycles. The molecule has 0 aromatic heterocycles. The zero-order valence-corrected chi connectivity index (χ0v) is 15.5. The third-order valence-electron chi connectivity index (χ3n) is 3.66. The van der Waals surface area contributed by atoms with Crippen molar-refractivity contribution in [2.24, 2.45) is 0 Å². The fourth-order valence-electron chi connectivity index (χ4n) is 2.42. The Hall–Kier alpha value is -2.64. The first-order valence-electron chi connectivity index (χ1n) is 7.84. The van der Waals surface area contributed by atoms with Gasteiger partial charge in [0.15, 0.2) is 4.32 Å². The molecule has 1 fully saturated rings. The Morgan fingerprint density at radius 2 is 1.85 bits per heavy atom. The van der Waals surface area contributed by atoms with Crippen LogP contribution in [0.3, 0.4) is 0 Å². The second-order valence-corrected chi connectivity index (χ2v) is 7.05. The molecule has 0 spiro atoms. The Morgan fingerprint density at radius 1 is 1.19 bits per heavy atom. The van der Waals surface area contributed by atoms with Gasteiger partial charge in [0, 0.05) is 0 Å². The van der Waals surface area contributed by atoms with Gasteiger partial charge in [-0.1, -0.05) is 36.1 Å². The number of thiocarbonyl (C=S) groups is 1. The van der Waals surface area contributed by atoms with Crippen LogP contribution in [-0.4, -0.2) is 27.9 Å². The van der Waals surface area contributed by atoms with Gasteiger partial charge >= 0.3 is 5.97 Å². The van der Waals surface area contributed by atoms with Crippen molar-refractivity contribution in [2.75, 3.05) is 11.5 Å². The highest BCUT2D eigenvalue weighted by molar-refractivity contribution is 8.27. The maximum atomic E-state index is 12.7. The minimum absolute atomic E-state index is 0.198. The third kappa shape index (κ3) is 3.79. The summed E-state index contributed by atoms with van der Waals surface area (Å²) in [6.45, 7) is 2.48. The smallest absolute Gasteiger partial charge is 0.335 e. The number of hydrogen-bond acceptors (Lipinski definition) is 5. The summed E-state index contributed by atoms with van der Waals surface area (Å²) in [5.41, 5.74) is 1.62. The topological polar surface area (TPSA) is 66.8 Å². The second kappa shape index (κ2) is 7.72. The summed E-state index contributed by atoms with van der Waals surface area (Å²) in [5.74, 6) is -0.458. The molecule has 0 aliphatic carbocycles. The number of ether oxygens (including phenoxy) is 1. The fraction of sp³-hybridized carbons (Fsp3) is 0.105. The maximum Gasteiger partial charge on any atom is 0.335 e. The van der Waals surface area contributed by atoms with Crippen LogP contribution >= 0.6 is 24.0 Å². The van der Waals surface area contributed by atoms with E-state index in [1.807, 2.05) is 6.92 Å². The number of benzene rings is 2. The lowest BCUT2D eigenvalue weighted by molar-refractivity contribution is -0.113. The van der Waals surface area contributed by atoms with Crippen molar-refractivity contribution in [3.63, 3.8) is 0 Å². The molecule has 0 bridgehead atoms. The lowest BCUT2D eigenvalue weighted by Crippen LogP contribution is -2.27. The molecule has 2 aromatic carbocycles. The first kappa shape index (κ1) is 18.2. The van der Waals surface area contributed by atoms with Gasteiger partial charge in [-0.05, 0) is 55.0 Å². The Morgan fingerprint density at radius 3 is 2.42 bits per heavy atom. The Bertz CT molecular complexity index is 889. The van der Waals surface area contributed by atoms with Crippen LogP contribution in [-0.2, 0) is 4.79 Å². The molecule has 7 heteroatoms. The Balaban J connectivity index is 1.82. The van der Waals surface area contributed by atoms with E-state index in [1.165, 1.54) is 28.8 Å². The van der Waals surface area contributed by atoms with Crippen LogP contribution < -0.4 is 9.64 Å². The summed E-state index contributed by atoms with van der Waals surface area (Å²) in [6, 6.07) is 13.5. The molecule has 1 amide bonds. The summed E-state index contributed by atoms with van der Waals surface area (Å²) >= 11 is 6.57. The average Bonchev–Trinajstić information content (AvgIpc) is 2.90. The van der Waals surface area contributed by atoms with Crippen molar-refractivity contribution in [3.8, 4) is 5.75 Å². The lowest BCUT2D eigenvalue weighted by Gasteiger charge is -2.15. The first-order valence-corrected chi connectivity index (χ1v) is 9.06. The van der Waals surface area contributed by atoms with E-state index >= 15 is 0 Å². The van der Waals surface area contributed by atoms with Gasteiger partial charge in [0.25, 0.3) is 5.91 Å². The van der Waals surface area contributed by atoms with E-state index in [9.17, 15) is 9.59 Å². The zero-order chi connectivity index (χ0) is 18.7. The first-order chi connectivity index (χ1) is 12.5. The highest BCUT2D eigenvalue weighted by Gasteiger charge is 2.33. The largest absolute Gasteiger partial charge is 0.494 e. The zero-order valence-electron chi connectivity index (χ0n) is 13.8. The standard InChI is InChI=1S/C19H15NO4S2/c1-2-24-15-9-7-14(8-10-15)20-17(21)16(26-19(20)25)11-12-3-5-13(6-4-12)18(22)23/h3-11H,2H2,1H3,(H,22,23). The van der Waals surface area contributed by atoms with Crippen molar-refractivity contribution in [1.82, 2.24) is 0 Å². The normalized spacial score (nSPS) is 15.6. The molecule has 0 radical (unpaired) electrons. The predicted octanol–water partition coefficient (Wildman–Crippen LogP) is 4.19. The number of carboxylic acid groups (broad SMARTS) is 1. The average molecular weight is 385 g/mol. The van der Waals surface area contributed by atoms with Gasteiger partial charge < -0.3 is 9.84 Å². The van der Waals surface area contributed by atoms with Gasteiger partial charge in [0.2, 0.25) is 0 Å². The quantitative estimate of drug-likeness (QED) is 0.615. The van der Waals surface area contributed by atoms with E-state index in [0.717, 1.165) is 11.3 Å². The van der Waals surface area contributed by atoms with Crippen LogP contribution in [0.2, 0.25) is 0 Å². The summed E-state index contributed by atoms with van der Waals surface area (Å²) in [6.07, 6.45) is 1.71. The molecule has 0 unspecified atom stereocenters. The van der Waals surface area contributed by atoms with E-state index in [-0.39, 0.29) is 11.5 Å². The van der Waals surface area contributed by atoms with Gasteiger partial charge in [-0.15, -0.1) is 0 Å². The van der Waals surface area contributed by atoms with Gasteiger partial charge in [-0.3, -0.25) is 9.69 Å². The summed E-state index contributed by atoms with van der Waals surface area (Å²) in [4.78, 5) is 25.6. The fourth-order valence-corrected chi connectivity index (χ4v) is 3.72. The molecule has 0 atom stereocenters. The maximum absolute atomic E-state index is 12.7. The monoisotopic (exact) mass is 385 g/mol. The molecule has 1 aliphatic heterocycles. The van der Waals surface area contributed by atoms with E-state index in [4.69, 9.17) is 22.1 Å². The molecule has 132 valence electrons. The van der Waals surface area contributed by atoms with Crippen LogP contribution in [0.15, 0.2) is 53.4 Å². The number of carbonyl (C=O) groups excluding carboxylic acids is 1. The van der Waals surface area contributed by atoms with Crippen molar-refractivity contribution in [2.45, 2.75) is 6.92 Å². The SMILES string of the molecule is CCOc1ccc(N2C(=O)C(=Cc3ccc(C(=O)O)cc3)SC2=S)cc1. The Kier molecular flexibility index (Phi) is 5.39. The summed E-state index contributed by atoms with van der Waals surface area (Å²) in [5, 5.41) is 8.94. The number of carbonyl (C=O) groups is 2. The number of rotatable bonds is 5. The van der Waals surface area contributed by atoms with E-state index < -0.39 is 5.97 Å². The van der Waals surface area contributed by atoms with Gasteiger partial charge in [0.05, 0.1) is 22.8 Å². The van der Waals surface area contributed by atoms with Crippen LogP contribution in [0, 0.1) is 0 Å². The lowest BCUT2D eigenvalue weighted by atomic mass is 10.1. The number of amides is 1. The van der Waals surface area contributed by atoms with Crippen molar-refractivity contribution >= 4 is 51.9 Å². The molecular formula is C19H15NO4S2. The molecule has 1 saturated heterocycles. The van der Waals surface area contributed by atoms with E-state index in [2.05, 4.69) is 0 Å². The molecule has 3 rings (SSSR count). The van der Waals surface area contributed by atoms with Crippen LogP contribution in [0.5, 0.6) is 5.75 Å². The highest BCUT2D eigenvalue weighted by Crippen LogP contribution is 2.36. The molecule has 2 aromatic rings. The number of hydrogen-bond donors (Lipinski definition) is 1. The van der Waals surface area contributed by atoms with Gasteiger partial charge in [-0.2, -0.15) is 0 Å². The summed E-state index contributed by atoms with van der Waals surface area (Å²) in [7, 11) is 0. The van der Waals surface area contributed by atoms with Crippen molar-refractivity contribution in [1.29, 1.82) is 0 Å². The van der Waals surface area contributed by atoms with Crippen LogP contribution in [0.25, 0.3) is 6.08 Å². The van der Waals surface area contributed by atoms with Gasteiger partial charge in [0.1, 0.15) is 5.75 Å². The molecule has 5 nitrogen and oxygen atoms in total. The van der Waals surface area contributed by atoms with Crippen molar-refractivity contribution in [3.05, 3.63) is 64.6 Å². The van der Waals surface area contributed by atoms with E-state index in [0.29, 0.717) is 21.5 Å². The minimum Gasteiger partial charge on any atom is -0.494 e. The predicted molar refractivity (Wildman–Crippen MR) is 107 cm³/mol. The number of anilines is 1.